The van der Waals surface area contributed by atoms with Crippen molar-refractivity contribution in [2.45, 2.75) is 27.2 Å². The van der Waals surface area contributed by atoms with E-state index in [1.54, 1.807) is 31.2 Å². The number of benzene rings is 1. The van der Waals surface area contributed by atoms with Gasteiger partial charge in [-0.1, -0.05) is 0 Å². The lowest BCUT2D eigenvalue weighted by Gasteiger charge is -2.04. The van der Waals surface area contributed by atoms with Crippen LogP contribution in [-0.2, 0) is 9.59 Å². The number of nitrogens with one attached hydrogen (secondary N) is 2. The van der Waals surface area contributed by atoms with Crippen LogP contribution in [0.2, 0.25) is 0 Å². The molecule has 0 spiro atoms. The molecule has 0 aromatic heterocycles. The summed E-state index contributed by atoms with van der Waals surface area (Å²) in [5, 5.41) is 6.45. The molecule has 0 aliphatic heterocycles. The molecule has 0 aliphatic carbocycles. The molecule has 0 heterocycles. The van der Waals surface area contributed by atoms with Crippen molar-refractivity contribution in [2.75, 3.05) is 5.32 Å². The highest BCUT2D eigenvalue weighted by Crippen LogP contribution is 2.09. The van der Waals surface area contributed by atoms with Gasteiger partial charge in [-0.3, -0.25) is 14.4 Å². The van der Waals surface area contributed by atoms with Crippen molar-refractivity contribution in [1.29, 1.82) is 0 Å². The number of carbonyl (C=O) groups is 3. The van der Waals surface area contributed by atoms with Gasteiger partial charge in [0.15, 0.2) is 0 Å². The van der Waals surface area contributed by atoms with Gasteiger partial charge in [0.25, 0.3) is 5.91 Å². The summed E-state index contributed by atoms with van der Waals surface area (Å²) in [4.78, 5) is 33.5. The van der Waals surface area contributed by atoms with E-state index in [4.69, 9.17) is 0 Å². The predicted octanol–water partition coefficient (Wildman–Crippen LogP) is 1.73. The van der Waals surface area contributed by atoms with Gasteiger partial charge < -0.3 is 5.32 Å². The second kappa shape index (κ2) is 7.18. The van der Waals surface area contributed by atoms with E-state index in [1.165, 1.54) is 13.8 Å². The Balaban J connectivity index is 2.64. The molecule has 6 nitrogen and oxygen atoms in total. The Labute approximate surface area is 117 Å². The van der Waals surface area contributed by atoms with Crippen LogP contribution >= 0.6 is 0 Å². The standard InChI is InChI=1S/C14H17N3O3/c1-9(8-10(2)18)16-17-14(20)12-4-6-13(7-5-12)15-11(3)19/h4-7H,8H2,1-3H3,(H,15,19)(H,17,20)/b16-9+. The molecule has 6 heteroatoms. The molecule has 2 amide bonds. The van der Waals surface area contributed by atoms with Gasteiger partial charge in [0.2, 0.25) is 5.91 Å². The number of hydrogen-bond donors (Lipinski definition) is 2. The van der Waals surface area contributed by atoms with Crippen molar-refractivity contribution < 1.29 is 14.4 Å². The first-order valence-corrected chi connectivity index (χ1v) is 6.09. The summed E-state index contributed by atoms with van der Waals surface area (Å²) in [6.45, 7) is 4.54. The Morgan fingerprint density at radius 1 is 1.05 bits per heavy atom. The maximum absolute atomic E-state index is 11.8. The van der Waals surface area contributed by atoms with Gasteiger partial charge in [-0.15, -0.1) is 0 Å². The number of amides is 2. The molecule has 0 bridgehead atoms. The van der Waals surface area contributed by atoms with E-state index in [0.717, 1.165) is 0 Å². The summed E-state index contributed by atoms with van der Waals surface area (Å²) in [7, 11) is 0. The maximum Gasteiger partial charge on any atom is 0.271 e. The Morgan fingerprint density at radius 3 is 2.15 bits per heavy atom. The highest BCUT2D eigenvalue weighted by Gasteiger charge is 2.05. The van der Waals surface area contributed by atoms with Crippen LogP contribution < -0.4 is 10.7 Å². The Hall–Kier alpha value is -2.50. The molecule has 2 N–H and O–H groups in total. The topological polar surface area (TPSA) is 87.6 Å². The number of rotatable bonds is 5. The minimum atomic E-state index is -0.373. The van der Waals surface area contributed by atoms with Gasteiger partial charge in [0.1, 0.15) is 5.78 Å². The lowest BCUT2D eigenvalue weighted by molar-refractivity contribution is -0.116. The molecule has 0 fully saturated rings. The molecule has 0 aliphatic rings. The molecule has 0 saturated carbocycles. The van der Waals surface area contributed by atoms with Crippen LogP contribution in [0, 0.1) is 0 Å². The number of Topliss-reactive ketones (excluding diaryl/α,β-unsaturated/α-hetero) is 1. The van der Waals surface area contributed by atoms with Gasteiger partial charge in [0, 0.05) is 30.3 Å². The molecular weight excluding hydrogens is 258 g/mol. The number of anilines is 1. The highest BCUT2D eigenvalue weighted by molar-refractivity contribution is 6.01. The number of carbonyl (C=O) groups excluding carboxylic acids is 3. The summed E-state index contributed by atoms with van der Waals surface area (Å²) in [6, 6.07) is 6.41. The van der Waals surface area contributed by atoms with Crippen LogP contribution in [0.15, 0.2) is 29.4 Å². The minimum Gasteiger partial charge on any atom is -0.326 e. The van der Waals surface area contributed by atoms with Crippen molar-refractivity contribution in [1.82, 2.24) is 5.43 Å². The van der Waals surface area contributed by atoms with Crippen LogP contribution in [0.3, 0.4) is 0 Å². The molecule has 106 valence electrons. The minimum absolute atomic E-state index is 0.0137. The van der Waals surface area contributed by atoms with Crippen molar-refractivity contribution in [3.8, 4) is 0 Å². The van der Waals surface area contributed by atoms with Crippen LogP contribution in [0.1, 0.15) is 37.6 Å². The summed E-state index contributed by atoms with van der Waals surface area (Å²) < 4.78 is 0. The van der Waals surface area contributed by atoms with Crippen molar-refractivity contribution in [2.24, 2.45) is 5.10 Å². The zero-order valence-electron chi connectivity index (χ0n) is 11.7. The molecule has 0 unspecified atom stereocenters. The summed E-state index contributed by atoms with van der Waals surface area (Å²) >= 11 is 0. The van der Waals surface area contributed by atoms with Crippen molar-refractivity contribution in [3.05, 3.63) is 29.8 Å². The van der Waals surface area contributed by atoms with Crippen LogP contribution in [-0.4, -0.2) is 23.3 Å². The number of ketones is 1. The number of nitrogens with zero attached hydrogens (tertiary/aromatic N) is 1. The first-order chi connectivity index (χ1) is 9.38. The predicted molar refractivity (Wildman–Crippen MR) is 76.6 cm³/mol. The van der Waals surface area contributed by atoms with E-state index in [2.05, 4.69) is 15.8 Å². The summed E-state index contributed by atoms with van der Waals surface area (Å²) in [5.41, 5.74) is 3.95. The zero-order valence-corrected chi connectivity index (χ0v) is 11.7. The Kier molecular flexibility index (Phi) is 5.58. The summed E-state index contributed by atoms with van der Waals surface area (Å²) in [5.74, 6) is -0.561. The van der Waals surface area contributed by atoms with Crippen LogP contribution in [0.5, 0.6) is 0 Å². The molecule has 1 rings (SSSR count). The largest absolute Gasteiger partial charge is 0.326 e. The van der Waals surface area contributed by atoms with E-state index in [9.17, 15) is 14.4 Å². The Bertz CT molecular complexity index is 547. The molecule has 1 aromatic rings. The van der Waals surface area contributed by atoms with E-state index in [0.29, 0.717) is 17.0 Å². The van der Waals surface area contributed by atoms with E-state index in [1.807, 2.05) is 0 Å². The quantitative estimate of drug-likeness (QED) is 0.633. The fourth-order valence-corrected chi connectivity index (χ4v) is 1.52. The highest BCUT2D eigenvalue weighted by atomic mass is 16.2. The third kappa shape index (κ3) is 5.43. The van der Waals surface area contributed by atoms with Crippen LogP contribution in [0.25, 0.3) is 0 Å². The van der Waals surface area contributed by atoms with Gasteiger partial charge in [-0.05, 0) is 38.1 Å². The smallest absolute Gasteiger partial charge is 0.271 e. The molecule has 1 aromatic carbocycles. The molecular formula is C14H17N3O3. The average Bonchev–Trinajstić information content (AvgIpc) is 2.35. The van der Waals surface area contributed by atoms with Gasteiger partial charge in [-0.2, -0.15) is 5.10 Å². The maximum atomic E-state index is 11.8. The third-order valence-corrected chi connectivity index (χ3v) is 2.32. The summed E-state index contributed by atoms with van der Waals surface area (Å²) in [6.07, 6.45) is 0.210. The first kappa shape index (κ1) is 15.6. The SMILES string of the molecule is CC(=O)C/C(C)=N/NC(=O)c1ccc(NC(C)=O)cc1. The van der Waals surface area contributed by atoms with Gasteiger partial charge in [0.05, 0.1) is 0 Å². The lowest BCUT2D eigenvalue weighted by atomic mass is 10.2. The lowest BCUT2D eigenvalue weighted by Crippen LogP contribution is -2.19. The van der Waals surface area contributed by atoms with Crippen molar-refractivity contribution >= 4 is 29.0 Å². The van der Waals surface area contributed by atoms with Crippen LogP contribution in [0.4, 0.5) is 5.69 Å². The number of hydrazone groups is 1. The van der Waals surface area contributed by atoms with Gasteiger partial charge >= 0.3 is 0 Å². The fraction of sp³-hybridized carbons (Fsp3) is 0.286. The van der Waals surface area contributed by atoms with E-state index >= 15 is 0 Å². The van der Waals surface area contributed by atoms with Gasteiger partial charge in [-0.25, -0.2) is 5.43 Å². The first-order valence-electron chi connectivity index (χ1n) is 6.09. The second-order valence-electron chi connectivity index (χ2n) is 4.43. The fourth-order valence-electron chi connectivity index (χ4n) is 1.52. The van der Waals surface area contributed by atoms with Crippen molar-refractivity contribution in [3.63, 3.8) is 0 Å². The second-order valence-corrected chi connectivity index (χ2v) is 4.43. The Morgan fingerprint density at radius 2 is 1.65 bits per heavy atom. The van der Waals surface area contributed by atoms with E-state index < -0.39 is 0 Å². The monoisotopic (exact) mass is 275 g/mol. The molecule has 0 saturated heterocycles. The molecule has 20 heavy (non-hydrogen) atoms. The normalized spacial score (nSPS) is 10.8. The average molecular weight is 275 g/mol. The molecule has 0 atom stereocenters. The third-order valence-electron chi connectivity index (χ3n) is 2.32. The molecule has 0 radical (unpaired) electrons. The van der Waals surface area contributed by atoms with E-state index in [-0.39, 0.29) is 24.0 Å². The zero-order chi connectivity index (χ0) is 15.1. The number of hydrogen-bond acceptors (Lipinski definition) is 4.